The Labute approximate surface area is 132 Å². The lowest BCUT2D eigenvalue weighted by molar-refractivity contribution is 0.595. The number of nitrogens with one attached hydrogen (secondary N) is 1. The standard InChI is InChI=1S/C13H14ClN3O2S2/c14-9-3-1-8(2-4-9)7-16-13-11(12(15)17-20-13)21(18,19)10-5-6-10/h1-4,10,16H,5-7H2,(H2,15,17). The largest absolute Gasteiger partial charge is 0.382 e. The van der Waals surface area contributed by atoms with Gasteiger partial charge in [0.05, 0.1) is 5.25 Å². The van der Waals surface area contributed by atoms with Crippen molar-refractivity contribution in [3.05, 3.63) is 34.9 Å². The molecule has 1 aromatic carbocycles. The molecule has 2 aromatic rings. The Kier molecular flexibility index (Phi) is 3.81. The van der Waals surface area contributed by atoms with Gasteiger partial charge in [-0.1, -0.05) is 23.7 Å². The van der Waals surface area contributed by atoms with Gasteiger partial charge in [-0.05, 0) is 42.1 Å². The molecule has 21 heavy (non-hydrogen) atoms. The Morgan fingerprint density at radius 2 is 2.00 bits per heavy atom. The fourth-order valence-corrected chi connectivity index (χ4v) is 5.02. The van der Waals surface area contributed by atoms with E-state index in [4.69, 9.17) is 17.3 Å². The lowest BCUT2D eigenvalue weighted by Crippen LogP contribution is -2.11. The summed E-state index contributed by atoms with van der Waals surface area (Å²) in [6.45, 7) is 0.492. The summed E-state index contributed by atoms with van der Waals surface area (Å²) in [5, 5.41) is 3.99. The number of hydrogen-bond donors (Lipinski definition) is 2. The molecule has 0 spiro atoms. The van der Waals surface area contributed by atoms with Gasteiger partial charge >= 0.3 is 0 Å². The van der Waals surface area contributed by atoms with Gasteiger partial charge in [-0.25, -0.2) is 8.42 Å². The molecular weight excluding hydrogens is 330 g/mol. The predicted molar refractivity (Wildman–Crippen MR) is 85.5 cm³/mol. The zero-order valence-corrected chi connectivity index (χ0v) is 13.4. The maximum absolute atomic E-state index is 12.4. The summed E-state index contributed by atoms with van der Waals surface area (Å²) in [6, 6.07) is 7.35. The minimum atomic E-state index is -3.36. The van der Waals surface area contributed by atoms with Crippen molar-refractivity contribution in [1.29, 1.82) is 0 Å². The second-order valence-corrected chi connectivity index (χ2v) is 8.33. The van der Waals surface area contributed by atoms with Gasteiger partial charge in [-0.2, -0.15) is 4.37 Å². The first-order chi connectivity index (χ1) is 9.98. The van der Waals surface area contributed by atoms with Crippen LogP contribution in [-0.4, -0.2) is 18.0 Å². The molecular formula is C13H14ClN3O2S2. The number of anilines is 2. The Morgan fingerprint density at radius 1 is 1.33 bits per heavy atom. The van der Waals surface area contributed by atoms with Crippen LogP contribution in [0, 0.1) is 0 Å². The summed E-state index contributed by atoms with van der Waals surface area (Å²) < 4.78 is 28.7. The molecule has 112 valence electrons. The van der Waals surface area contributed by atoms with Gasteiger partial charge in [0.25, 0.3) is 0 Å². The summed E-state index contributed by atoms with van der Waals surface area (Å²) in [5.41, 5.74) is 6.75. The third-order valence-corrected chi connectivity index (χ3v) is 6.82. The molecule has 1 saturated carbocycles. The molecule has 0 aliphatic heterocycles. The van der Waals surface area contributed by atoms with Crippen LogP contribution >= 0.6 is 23.1 Å². The maximum atomic E-state index is 12.4. The molecule has 0 radical (unpaired) electrons. The number of rotatable bonds is 5. The first-order valence-electron chi connectivity index (χ1n) is 6.46. The van der Waals surface area contributed by atoms with E-state index in [-0.39, 0.29) is 16.0 Å². The average molecular weight is 344 g/mol. The van der Waals surface area contributed by atoms with E-state index in [2.05, 4.69) is 9.69 Å². The summed E-state index contributed by atoms with van der Waals surface area (Å²) >= 11 is 6.91. The molecule has 0 amide bonds. The molecule has 0 saturated heterocycles. The summed E-state index contributed by atoms with van der Waals surface area (Å²) in [7, 11) is -3.36. The molecule has 5 nitrogen and oxygen atoms in total. The number of nitrogens with two attached hydrogens (primary N) is 1. The molecule has 1 fully saturated rings. The van der Waals surface area contributed by atoms with Crippen LogP contribution in [0.2, 0.25) is 5.02 Å². The van der Waals surface area contributed by atoms with Crippen molar-refractivity contribution >= 4 is 43.8 Å². The van der Waals surface area contributed by atoms with Gasteiger partial charge in [-0.15, -0.1) is 0 Å². The monoisotopic (exact) mass is 343 g/mol. The number of halogens is 1. The van der Waals surface area contributed by atoms with Crippen LogP contribution in [-0.2, 0) is 16.4 Å². The molecule has 3 rings (SSSR count). The van der Waals surface area contributed by atoms with E-state index in [1.54, 1.807) is 12.1 Å². The van der Waals surface area contributed by atoms with E-state index in [1.165, 1.54) is 0 Å². The highest BCUT2D eigenvalue weighted by Crippen LogP contribution is 2.41. The Morgan fingerprint density at radius 3 is 2.62 bits per heavy atom. The van der Waals surface area contributed by atoms with Crippen LogP contribution < -0.4 is 11.1 Å². The van der Waals surface area contributed by atoms with Crippen molar-refractivity contribution in [3.63, 3.8) is 0 Å². The van der Waals surface area contributed by atoms with Crippen LogP contribution in [0.15, 0.2) is 29.2 Å². The van der Waals surface area contributed by atoms with Gasteiger partial charge in [0, 0.05) is 11.6 Å². The Balaban J connectivity index is 1.82. The molecule has 0 bridgehead atoms. The van der Waals surface area contributed by atoms with Crippen LogP contribution in [0.5, 0.6) is 0 Å². The van der Waals surface area contributed by atoms with E-state index in [1.807, 2.05) is 12.1 Å². The van der Waals surface area contributed by atoms with Crippen LogP contribution in [0.25, 0.3) is 0 Å². The van der Waals surface area contributed by atoms with Crippen molar-refractivity contribution in [2.45, 2.75) is 29.5 Å². The summed E-state index contributed by atoms with van der Waals surface area (Å²) in [5.74, 6) is 0.0884. The number of benzene rings is 1. The van der Waals surface area contributed by atoms with Gasteiger partial charge in [0.1, 0.15) is 9.90 Å². The van der Waals surface area contributed by atoms with E-state index in [0.717, 1.165) is 17.1 Å². The quantitative estimate of drug-likeness (QED) is 0.871. The molecule has 1 aliphatic carbocycles. The SMILES string of the molecule is Nc1nsc(NCc2ccc(Cl)cc2)c1S(=O)(=O)C1CC1. The normalized spacial score (nSPS) is 15.1. The topological polar surface area (TPSA) is 85.1 Å². The fourth-order valence-electron chi connectivity index (χ4n) is 2.01. The molecule has 0 atom stereocenters. The average Bonchev–Trinajstić information content (AvgIpc) is 3.23. The summed E-state index contributed by atoms with van der Waals surface area (Å²) in [4.78, 5) is 0.156. The lowest BCUT2D eigenvalue weighted by atomic mass is 10.2. The van der Waals surface area contributed by atoms with Crippen molar-refractivity contribution in [2.24, 2.45) is 0 Å². The number of nitrogen functional groups attached to an aromatic ring is 1. The number of aromatic nitrogens is 1. The third-order valence-electron chi connectivity index (χ3n) is 3.29. The highest BCUT2D eigenvalue weighted by Gasteiger charge is 2.40. The highest BCUT2D eigenvalue weighted by atomic mass is 35.5. The molecule has 3 N–H and O–H groups in total. The smallest absolute Gasteiger partial charge is 0.187 e. The highest BCUT2D eigenvalue weighted by molar-refractivity contribution is 7.92. The first kappa shape index (κ1) is 14.6. The van der Waals surface area contributed by atoms with E-state index in [0.29, 0.717) is 29.4 Å². The van der Waals surface area contributed by atoms with Crippen molar-refractivity contribution in [2.75, 3.05) is 11.1 Å². The van der Waals surface area contributed by atoms with Crippen molar-refractivity contribution in [1.82, 2.24) is 4.37 Å². The Hall–Kier alpha value is -1.31. The second-order valence-electron chi connectivity index (χ2n) is 4.95. The second kappa shape index (κ2) is 5.47. The van der Waals surface area contributed by atoms with Crippen molar-refractivity contribution < 1.29 is 8.42 Å². The van der Waals surface area contributed by atoms with Crippen LogP contribution in [0.3, 0.4) is 0 Å². The maximum Gasteiger partial charge on any atom is 0.187 e. The van der Waals surface area contributed by atoms with E-state index < -0.39 is 9.84 Å². The number of nitrogens with zero attached hydrogens (tertiary/aromatic N) is 1. The molecule has 1 aromatic heterocycles. The van der Waals surface area contributed by atoms with Gasteiger partial charge < -0.3 is 11.1 Å². The third kappa shape index (κ3) is 3.00. The first-order valence-corrected chi connectivity index (χ1v) is 9.15. The minimum absolute atomic E-state index is 0.0884. The van der Waals surface area contributed by atoms with E-state index >= 15 is 0 Å². The van der Waals surface area contributed by atoms with Gasteiger partial charge in [-0.3, -0.25) is 0 Å². The Bertz CT molecular complexity index is 752. The van der Waals surface area contributed by atoms with Crippen LogP contribution in [0.1, 0.15) is 18.4 Å². The predicted octanol–water partition coefficient (Wildman–Crippen LogP) is 2.93. The zero-order valence-electron chi connectivity index (χ0n) is 11.0. The number of hydrogen-bond acceptors (Lipinski definition) is 6. The van der Waals surface area contributed by atoms with E-state index in [9.17, 15) is 8.42 Å². The minimum Gasteiger partial charge on any atom is -0.382 e. The fraction of sp³-hybridized carbons (Fsp3) is 0.308. The molecule has 1 heterocycles. The molecule has 1 aliphatic rings. The van der Waals surface area contributed by atoms with Crippen LogP contribution in [0.4, 0.5) is 10.8 Å². The summed E-state index contributed by atoms with van der Waals surface area (Å²) in [6.07, 6.45) is 1.41. The molecule has 0 unspecified atom stereocenters. The van der Waals surface area contributed by atoms with Crippen molar-refractivity contribution in [3.8, 4) is 0 Å². The van der Waals surface area contributed by atoms with Gasteiger partial charge in [0.15, 0.2) is 15.7 Å². The molecule has 8 heteroatoms. The number of sulfone groups is 1. The van der Waals surface area contributed by atoms with Gasteiger partial charge in [0.2, 0.25) is 0 Å². The zero-order chi connectivity index (χ0) is 15.0. The lowest BCUT2D eigenvalue weighted by Gasteiger charge is -2.08.